The van der Waals surface area contributed by atoms with Gasteiger partial charge in [0.1, 0.15) is 0 Å². The molecule has 1 unspecified atom stereocenters. The molecule has 0 radical (unpaired) electrons. The molecule has 1 N–H and O–H groups in total. The Labute approximate surface area is 130 Å². The number of rotatable bonds is 2. The Morgan fingerprint density at radius 1 is 1.19 bits per heavy atom. The molecule has 0 aliphatic carbocycles. The van der Waals surface area contributed by atoms with E-state index in [0.717, 1.165) is 29.4 Å². The van der Waals surface area contributed by atoms with E-state index in [1.54, 1.807) is 0 Å². The third-order valence-corrected chi connectivity index (χ3v) is 6.57. The summed E-state index contributed by atoms with van der Waals surface area (Å²) >= 11 is 2.05. The van der Waals surface area contributed by atoms with Gasteiger partial charge in [-0.2, -0.15) is 0 Å². The predicted octanol–water partition coefficient (Wildman–Crippen LogP) is 3.29. The highest BCUT2D eigenvalue weighted by Gasteiger charge is 2.38. The predicted molar refractivity (Wildman–Crippen MR) is 86.8 cm³/mol. The molecule has 3 aliphatic rings. The van der Waals surface area contributed by atoms with E-state index in [0.29, 0.717) is 6.42 Å². The summed E-state index contributed by atoms with van der Waals surface area (Å²) in [5.41, 5.74) is 2.31. The van der Waals surface area contributed by atoms with Gasteiger partial charge in [-0.05, 0) is 62.9 Å². The first-order chi connectivity index (χ1) is 10.2. The van der Waals surface area contributed by atoms with Crippen molar-refractivity contribution < 1.29 is 4.79 Å². The summed E-state index contributed by atoms with van der Waals surface area (Å²) in [5.74, 6) is 0.148. The molecule has 1 aromatic carbocycles. The smallest absolute Gasteiger partial charge is 0.224 e. The lowest BCUT2D eigenvalue weighted by Gasteiger charge is -2.36. The molecule has 21 heavy (non-hydrogen) atoms. The Hall–Kier alpha value is -1.00. The Morgan fingerprint density at radius 2 is 1.95 bits per heavy atom. The first-order valence-electron chi connectivity index (χ1n) is 8.00. The molecule has 1 aromatic rings. The molecule has 3 aliphatic heterocycles. The van der Waals surface area contributed by atoms with E-state index in [-0.39, 0.29) is 5.91 Å². The number of piperidine rings is 1. The molecule has 0 aromatic heterocycles. The molecule has 4 heteroatoms. The monoisotopic (exact) mass is 302 g/mol. The van der Waals surface area contributed by atoms with Gasteiger partial charge in [0, 0.05) is 34.3 Å². The molecule has 2 bridgehead atoms. The fourth-order valence-electron chi connectivity index (χ4n) is 4.08. The minimum Gasteiger partial charge on any atom is -0.326 e. The molecule has 3 heterocycles. The first-order valence-corrected chi connectivity index (χ1v) is 8.88. The van der Waals surface area contributed by atoms with Crippen molar-refractivity contribution in [2.75, 3.05) is 12.4 Å². The van der Waals surface area contributed by atoms with Gasteiger partial charge in [-0.25, -0.2) is 0 Å². The maximum Gasteiger partial charge on any atom is 0.224 e. The number of benzene rings is 1. The highest BCUT2D eigenvalue weighted by molar-refractivity contribution is 8.00. The van der Waals surface area contributed by atoms with Crippen LogP contribution in [0.1, 0.15) is 37.7 Å². The number of thioether (sulfide) groups is 1. The van der Waals surface area contributed by atoms with E-state index in [1.807, 2.05) is 11.8 Å². The van der Waals surface area contributed by atoms with Crippen LogP contribution in [0.4, 0.5) is 5.69 Å². The fraction of sp³-hybridized carbons (Fsp3) is 0.588. The van der Waals surface area contributed by atoms with Crippen molar-refractivity contribution >= 4 is 23.4 Å². The molecular formula is C17H22N2OS. The average Bonchev–Trinajstić information content (AvgIpc) is 2.70. The van der Waals surface area contributed by atoms with Crippen molar-refractivity contribution in [1.82, 2.24) is 4.90 Å². The lowest BCUT2D eigenvalue weighted by atomic mass is 10.0. The van der Waals surface area contributed by atoms with Gasteiger partial charge in [0.2, 0.25) is 5.91 Å². The number of nitrogens with one attached hydrogen (secondary N) is 1. The molecular weight excluding hydrogens is 280 g/mol. The number of carbonyl (C=O) groups excluding carboxylic acids is 1. The van der Waals surface area contributed by atoms with Gasteiger partial charge in [0.15, 0.2) is 0 Å². The number of amides is 1. The second-order valence-corrected chi connectivity index (χ2v) is 8.00. The Morgan fingerprint density at radius 3 is 2.71 bits per heavy atom. The van der Waals surface area contributed by atoms with E-state index in [1.165, 1.54) is 36.1 Å². The maximum atomic E-state index is 11.4. The quantitative estimate of drug-likeness (QED) is 0.910. The number of aryl methyl sites for hydroxylation is 1. The molecule has 112 valence electrons. The molecule has 1 amide bonds. The number of nitrogens with zero attached hydrogens (tertiary/aromatic N) is 1. The fourth-order valence-corrected chi connectivity index (χ4v) is 5.46. The average molecular weight is 302 g/mol. The number of hydrogen-bond acceptors (Lipinski definition) is 3. The van der Waals surface area contributed by atoms with Crippen LogP contribution in [-0.2, 0) is 11.2 Å². The Bertz CT molecular complexity index is 560. The van der Waals surface area contributed by atoms with Crippen molar-refractivity contribution in [3.63, 3.8) is 0 Å². The van der Waals surface area contributed by atoms with E-state index in [2.05, 4.69) is 35.5 Å². The van der Waals surface area contributed by atoms with E-state index < -0.39 is 0 Å². The van der Waals surface area contributed by atoms with Crippen LogP contribution in [0.2, 0.25) is 0 Å². The van der Waals surface area contributed by atoms with Gasteiger partial charge >= 0.3 is 0 Å². The summed E-state index contributed by atoms with van der Waals surface area (Å²) in [6.45, 7) is 0. The van der Waals surface area contributed by atoms with Crippen LogP contribution in [0.25, 0.3) is 0 Å². The van der Waals surface area contributed by atoms with Crippen LogP contribution in [0, 0.1) is 0 Å². The third kappa shape index (κ3) is 2.59. The second kappa shape index (κ2) is 5.33. The van der Waals surface area contributed by atoms with Crippen LogP contribution < -0.4 is 5.32 Å². The highest BCUT2D eigenvalue weighted by Crippen LogP contribution is 2.42. The summed E-state index contributed by atoms with van der Waals surface area (Å²) in [4.78, 5) is 15.4. The van der Waals surface area contributed by atoms with Crippen LogP contribution in [0.3, 0.4) is 0 Å². The zero-order valence-electron chi connectivity index (χ0n) is 12.5. The van der Waals surface area contributed by atoms with Crippen LogP contribution in [0.15, 0.2) is 23.1 Å². The lowest BCUT2D eigenvalue weighted by molar-refractivity contribution is -0.116. The Kier molecular flexibility index (Phi) is 3.46. The molecule has 2 saturated heterocycles. The van der Waals surface area contributed by atoms with Crippen molar-refractivity contribution in [2.45, 2.75) is 60.8 Å². The van der Waals surface area contributed by atoms with Crippen LogP contribution >= 0.6 is 11.8 Å². The second-order valence-electron chi connectivity index (χ2n) is 6.63. The van der Waals surface area contributed by atoms with Gasteiger partial charge in [-0.1, -0.05) is 0 Å². The molecule has 2 fully saturated rings. The molecule has 0 spiro atoms. The largest absolute Gasteiger partial charge is 0.326 e. The SMILES string of the molecule is CN1[C@@H]2CC[C@H]1CC(Sc1ccc3c(c1)CCC(=O)N3)C2. The summed E-state index contributed by atoms with van der Waals surface area (Å²) < 4.78 is 0. The van der Waals surface area contributed by atoms with Gasteiger partial charge < -0.3 is 10.2 Å². The molecule has 0 saturated carbocycles. The normalized spacial score (nSPS) is 31.9. The number of hydrogen-bond donors (Lipinski definition) is 1. The van der Waals surface area contributed by atoms with Crippen LogP contribution in [-0.4, -0.2) is 35.2 Å². The molecule has 4 rings (SSSR count). The van der Waals surface area contributed by atoms with E-state index in [9.17, 15) is 4.79 Å². The minimum absolute atomic E-state index is 0.148. The highest BCUT2D eigenvalue weighted by atomic mass is 32.2. The van der Waals surface area contributed by atoms with Crippen molar-refractivity contribution in [1.29, 1.82) is 0 Å². The third-order valence-electron chi connectivity index (χ3n) is 5.33. The summed E-state index contributed by atoms with van der Waals surface area (Å²) in [6, 6.07) is 8.16. The summed E-state index contributed by atoms with van der Waals surface area (Å²) in [7, 11) is 2.30. The van der Waals surface area contributed by atoms with Gasteiger partial charge in [-0.3, -0.25) is 4.79 Å². The zero-order chi connectivity index (χ0) is 14.4. The van der Waals surface area contributed by atoms with Crippen LogP contribution in [0.5, 0.6) is 0 Å². The van der Waals surface area contributed by atoms with E-state index in [4.69, 9.17) is 0 Å². The van der Waals surface area contributed by atoms with Gasteiger partial charge in [0.25, 0.3) is 0 Å². The summed E-state index contributed by atoms with van der Waals surface area (Å²) in [6.07, 6.45) is 6.92. The van der Waals surface area contributed by atoms with Crippen molar-refractivity contribution in [2.24, 2.45) is 0 Å². The standard InChI is InChI=1S/C17H22N2OS/c1-19-12-3-4-13(19)10-15(9-12)21-14-5-6-16-11(8-14)2-7-17(20)18-16/h5-6,8,12-13,15H,2-4,7,9-10H2,1H3,(H,18,20)/t12-,13+,15?. The Balaban J connectivity index is 1.47. The maximum absolute atomic E-state index is 11.4. The number of carbonyl (C=O) groups is 1. The zero-order valence-corrected chi connectivity index (χ0v) is 13.3. The van der Waals surface area contributed by atoms with Crippen molar-refractivity contribution in [3.8, 4) is 0 Å². The lowest BCUT2D eigenvalue weighted by Crippen LogP contribution is -2.40. The van der Waals surface area contributed by atoms with E-state index >= 15 is 0 Å². The van der Waals surface area contributed by atoms with Gasteiger partial charge in [-0.15, -0.1) is 11.8 Å². The molecule has 3 atom stereocenters. The first kappa shape index (κ1) is 13.6. The number of fused-ring (bicyclic) bond motifs is 3. The molecule has 3 nitrogen and oxygen atoms in total. The topological polar surface area (TPSA) is 32.3 Å². The minimum atomic E-state index is 0.148. The van der Waals surface area contributed by atoms with Crippen molar-refractivity contribution in [3.05, 3.63) is 23.8 Å². The van der Waals surface area contributed by atoms with Gasteiger partial charge in [0.05, 0.1) is 0 Å². The summed E-state index contributed by atoms with van der Waals surface area (Å²) in [5, 5.41) is 3.72. The number of anilines is 1.